The third-order valence-electron chi connectivity index (χ3n) is 6.72. The summed E-state index contributed by atoms with van der Waals surface area (Å²) < 4.78 is 3.99. The maximum atomic E-state index is 13.2. The molecule has 11 heteroatoms. The standard InChI is InChI=1S/C22H35N7O4/c1-5-6-11-27-18(30)15(16(23)24)19(31)29(21(27)33)14-7-9-22(4,10-8-14)12-28-17(13(2)3)25-26-20(28)32/h13-14,30H,5-12H2,1-4H3,(H3,23,24)(H,26,32). The Bertz CT molecular complexity index is 1190. The third kappa shape index (κ3) is 4.67. The Labute approximate surface area is 191 Å². The largest absolute Gasteiger partial charge is 0.494 e. The zero-order chi connectivity index (χ0) is 24.5. The fraction of sp³-hybridized carbons (Fsp3) is 0.682. The van der Waals surface area contributed by atoms with Crippen LogP contribution in [0.4, 0.5) is 0 Å². The van der Waals surface area contributed by atoms with E-state index in [1.54, 1.807) is 4.57 Å². The molecule has 0 unspecified atom stereocenters. The summed E-state index contributed by atoms with van der Waals surface area (Å²) in [6, 6.07) is -0.365. The molecular formula is C22H35N7O4. The molecule has 0 amide bonds. The van der Waals surface area contributed by atoms with Crippen LogP contribution in [0.2, 0.25) is 0 Å². The fourth-order valence-electron chi connectivity index (χ4n) is 4.75. The van der Waals surface area contributed by atoms with Gasteiger partial charge in [0.15, 0.2) is 0 Å². The summed E-state index contributed by atoms with van der Waals surface area (Å²) in [5, 5.41) is 24.9. The Balaban J connectivity index is 1.92. The minimum Gasteiger partial charge on any atom is -0.494 e. The van der Waals surface area contributed by atoms with Crippen molar-refractivity contribution in [2.24, 2.45) is 11.1 Å². The molecule has 0 aromatic carbocycles. The van der Waals surface area contributed by atoms with Crippen LogP contribution in [0.25, 0.3) is 0 Å². The maximum Gasteiger partial charge on any atom is 0.343 e. The maximum absolute atomic E-state index is 13.2. The van der Waals surface area contributed by atoms with E-state index in [-0.39, 0.29) is 35.2 Å². The van der Waals surface area contributed by atoms with Crippen molar-refractivity contribution in [3.05, 3.63) is 42.7 Å². The van der Waals surface area contributed by atoms with Crippen LogP contribution in [-0.2, 0) is 13.1 Å². The second-order valence-electron chi connectivity index (χ2n) is 9.74. The number of H-pyrrole nitrogens is 1. The normalized spacial score (nSPS) is 20.9. The number of aromatic nitrogens is 5. The number of hydrogen-bond donors (Lipinski definition) is 4. The number of nitrogen functional groups attached to an aromatic ring is 1. The highest BCUT2D eigenvalue weighted by molar-refractivity contribution is 5.96. The third-order valence-corrected chi connectivity index (χ3v) is 6.72. The number of aromatic hydroxyl groups is 1. The van der Waals surface area contributed by atoms with Crippen molar-refractivity contribution in [1.82, 2.24) is 23.9 Å². The molecule has 11 nitrogen and oxygen atoms in total. The summed E-state index contributed by atoms with van der Waals surface area (Å²) in [6.45, 7) is 8.78. The Morgan fingerprint density at radius 1 is 1.27 bits per heavy atom. The predicted molar refractivity (Wildman–Crippen MR) is 125 cm³/mol. The Morgan fingerprint density at radius 3 is 2.45 bits per heavy atom. The van der Waals surface area contributed by atoms with Crippen molar-refractivity contribution in [2.75, 3.05) is 0 Å². The number of aromatic amines is 1. The highest BCUT2D eigenvalue weighted by Gasteiger charge is 2.35. The number of nitrogens with two attached hydrogens (primary N) is 1. The number of amidine groups is 1. The lowest BCUT2D eigenvalue weighted by Crippen LogP contribution is -2.47. The SMILES string of the molecule is CCCCn1c(O)c(C(=N)N)c(=O)n(C2CCC(C)(Cn3c(C(C)C)n[nH]c3=O)CC2)c1=O. The molecule has 1 saturated carbocycles. The average molecular weight is 462 g/mol. The van der Waals surface area contributed by atoms with E-state index in [9.17, 15) is 19.5 Å². The van der Waals surface area contributed by atoms with Crippen molar-refractivity contribution < 1.29 is 5.11 Å². The first-order valence-corrected chi connectivity index (χ1v) is 11.6. The first-order chi connectivity index (χ1) is 15.5. The highest BCUT2D eigenvalue weighted by Crippen LogP contribution is 2.41. The second-order valence-corrected chi connectivity index (χ2v) is 9.74. The van der Waals surface area contributed by atoms with Gasteiger partial charge in [0, 0.05) is 25.0 Å². The molecular weight excluding hydrogens is 426 g/mol. The van der Waals surface area contributed by atoms with Gasteiger partial charge in [-0.1, -0.05) is 34.1 Å². The molecule has 1 aliphatic carbocycles. The number of unbranched alkanes of at least 4 members (excludes halogenated alkanes) is 1. The van der Waals surface area contributed by atoms with Gasteiger partial charge in [0.05, 0.1) is 0 Å². The molecule has 0 bridgehead atoms. The van der Waals surface area contributed by atoms with Crippen LogP contribution >= 0.6 is 0 Å². The van der Waals surface area contributed by atoms with Crippen LogP contribution in [0.3, 0.4) is 0 Å². The lowest BCUT2D eigenvalue weighted by atomic mass is 9.73. The van der Waals surface area contributed by atoms with Gasteiger partial charge in [0.25, 0.3) is 5.56 Å². The van der Waals surface area contributed by atoms with Crippen LogP contribution in [0.5, 0.6) is 5.88 Å². The summed E-state index contributed by atoms with van der Waals surface area (Å²) in [5.74, 6) is -0.282. The molecule has 0 atom stereocenters. The summed E-state index contributed by atoms with van der Waals surface area (Å²) in [6.07, 6.45) is 3.96. The van der Waals surface area contributed by atoms with Gasteiger partial charge in [-0.25, -0.2) is 14.7 Å². The smallest absolute Gasteiger partial charge is 0.343 e. The molecule has 0 spiro atoms. The second kappa shape index (κ2) is 9.40. The van der Waals surface area contributed by atoms with E-state index < -0.39 is 23.0 Å². The highest BCUT2D eigenvalue weighted by atomic mass is 16.3. The van der Waals surface area contributed by atoms with E-state index >= 15 is 0 Å². The minimum atomic E-state index is -0.723. The topological polar surface area (TPSA) is 165 Å². The number of hydrogen-bond acceptors (Lipinski definition) is 6. The zero-order valence-corrected chi connectivity index (χ0v) is 19.8. The molecule has 1 aliphatic rings. The Hall–Kier alpha value is -3.11. The molecule has 0 radical (unpaired) electrons. The van der Waals surface area contributed by atoms with E-state index in [1.165, 1.54) is 0 Å². The number of nitrogens with one attached hydrogen (secondary N) is 2. The van der Waals surface area contributed by atoms with Crippen molar-refractivity contribution >= 4 is 5.84 Å². The van der Waals surface area contributed by atoms with Crippen molar-refractivity contribution in [3.8, 4) is 5.88 Å². The molecule has 2 heterocycles. The minimum absolute atomic E-state index is 0.103. The van der Waals surface area contributed by atoms with E-state index in [1.807, 2.05) is 20.8 Å². The van der Waals surface area contributed by atoms with Crippen LogP contribution in [0.1, 0.15) is 89.6 Å². The number of rotatable bonds is 8. The summed E-state index contributed by atoms with van der Waals surface area (Å²) in [7, 11) is 0. The molecule has 0 aliphatic heterocycles. The lowest BCUT2D eigenvalue weighted by Gasteiger charge is -2.38. The van der Waals surface area contributed by atoms with Gasteiger partial charge < -0.3 is 10.8 Å². The van der Waals surface area contributed by atoms with Gasteiger partial charge in [0.2, 0.25) is 5.88 Å². The molecule has 1 fully saturated rings. The van der Waals surface area contributed by atoms with E-state index in [0.717, 1.165) is 15.6 Å². The van der Waals surface area contributed by atoms with Crippen LogP contribution in [-0.4, -0.2) is 34.8 Å². The molecule has 2 aromatic rings. The molecule has 5 N–H and O–H groups in total. The van der Waals surface area contributed by atoms with Crippen LogP contribution < -0.4 is 22.7 Å². The Morgan fingerprint density at radius 2 is 1.91 bits per heavy atom. The fourth-order valence-corrected chi connectivity index (χ4v) is 4.75. The quantitative estimate of drug-likeness (QED) is 0.344. The molecule has 182 valence electrons. The van der Waals surface area contributed by atoms with Crippen LogP contribution in [0, 0.1) is 10.8 Å². The summed E-state index contributed by atoms with van der Waals surface area (Å²) in [4.78, 5) is 38.5. The zero-order valence-electron chi connectivity index (χ0n) is 19.8. The van der Waals surface area contributed by atoms with Crippen molar-refractivity contribution in [3.63, 3.8) is 0 Å². The van der Waals surface area contributed by atoms with E-state index in [4.69, 9.17) is 11.1 Å². The number of nitrogens with zero attached hydrogens (tertiary/aromatic N) is 4. The lowest BCUT2D eigenvalue weighted by molar-refractivity contribution is 0.140. The van der Waals surface area contributed by atoms with E-state index in [2.05, 4.69) is 17.1 Å². The first kappa shape index (κ1) is 24.5. The van der Waals surface area contributed by atoms with Gasteiger partial charge in [-0.15, -0.1) is 0 Å². The van der Waals surface area contributed by atoms with Gasteiger partial charge in [0.1, 0.15) is 17.2 Å². The molecule has 0 saturated heterocycles. The van der Waals surface area contributed by atoms with E-state index in [0.29, 0.717) is 44.5 Å². The predicted octanol–water partition coefficient (Wildman–Crippen LogP) is 1.63. The Kier molecular flexibility index (Phi) is 6.99. The molecule has 33 heavy (non-hydrogen) atoms. The molecule has 3 rings (SSSR count). The monoisotopic (exact) mass is 461 g/mol. The van der Waals surface area contributed by atoms with Crippen LogP contribution in [0.15, 0.2) is 14.4 Å². The van der Waals surface area contributed by atoms with Gasteiger partial charge >= 0.3 is 11.4 Å². The molecule has 2 aromatic heterocycles. The first-order valence-electron chi connectivity index (χ1n) is 11.6. The summed E-state index contributed by atoms with van der Waals surface area (Å²) in [5.41, 5.74) is 3.53. The van der Waals surface area contributed by atoms with Crippen molar-refractivity contribution in [2.45, 2.75) is 91.3 Å². The van der Waals surface area contributed by atoms with Gasteiger partial charge in [-0.3, -0.25) is 23.9 Å². The van der Waals surface area contributed by atoms with Gasteiger partial charge in [-0.05, 0) is 37.5 Å². The summed E-state index contributed by atoms with van der Waals surface area (Å²) >= 11 is 0. The average Bonchev–Trinajstić information content (AvgIpc) is 3.09. The van der Waals surface area contributed by atoms with Gasteiger partial charge in [-0.2, -0.15) is 5.10 Å². The van der Waals surface area contributed by atoms with Crippen molar-refractivity contribution in [1.29, 1.82) is 5.41 Å².